The number of amides is 1. The molecule has 2 heterocycles. The molecule has 4 aromatic rings. The van der Waals surface area contributed by atoms with E-state index in [1.54, 1.807) is 0 Å². The van der Waals surface area contributed by atoms with Gasteiger partial charge >= 0.3 is 0 Å². The van der Waals surface area contributed by atoms with Crippen LogP contribution in [0.5, 0.6) is 17.2 Å². The summed E-state index contributed by atoms with van der Waals surface area (Å²) in [5, 5.41) is 2.62. The van der Waals surface area contributed by atoms with Crippen LogP contribution in [-0.2, 0) is 0 Å². The van der Waals surface area contributed by atoms with Crippen LogP contribution in [0.2, 0.25) is 5.02 Å². The van der Waals surface area contributed by atoms with Crippen molar-refractivity contribution >= 4 is 29.0 Å². The highest BCUT2D eigenvalue weighted by atomic mass is 35.5. The van der Waals surface area contributed by atoms with E-state index in [1.807, 2.05) is 0 Å². The number of nitrogens with two attached hydrogens (primary N) is 1. The first-order valence-electron chi connectivity index (χ1n) is 10.0. The number of nitrogens with zero attached hydrogens (tertiary/aromatic N) is 2. The topological polar surface area (TPSA) is 108 Å². The number of methoxy groups -OCH3 is 1. The molecule has 3 N–H and O–H groups in total. The van der Waals surface area contributed by atoms with Crippen molar-refractivity contribution in [2.45, 2.75) is 0 Å². The summed E-state index contributed by atoms with van der Waals surface area (Å²) in [5.74, 6) is -1.90. The Balaban J connectivity index is 1.67. The first-order valence-corrected chi connectivity index (χ1v) is 10.4. The molecule has 178 valence electrons. The number of halogens is 3. The van der Waals surface area contributed by atoms with Gasteiger partial charge in [0.25, 0.3) is 11.5 Å². The molecule has 2 aromatic carbocycles. The van der Waals surface area contributed by atoms with Crippen LogP contribution in [0, 0.1) is 11.6 Å². The highest BCUT2D eigenvalue weighted by Gasteiger charge is 2.18. The fourth-order valence-corrected chi connectivity index (χ4v) is 3.30. The van der Waals surface area contributed by atoms with Crippen LogP contribution in [0.15, 0.2) is 71.8 Å². The summed E-state index contributed by atoms with van der Waals surface area (Å²) in [5.41, 5.74) is 5.51. The van der Waals surface area contributed by atoms with E-state index in [0.717, 1.165) is 16.7 Å². The van der Waals surface area contributed by atoms with Gasteiger partial charge in [0, 0.05) is 36.3 Å². The van der Waals surface area contributed by atoms with Crippen LogP contribution in [0.3, 0.4) is 0 Å². The summed E-state index contributed by atoms with van der Waals surface area (Å²) in [7, 11) is 1.30. The van der Waals surface area contributed by atoms with Crippen LogP contribution in [0.25, 0.3) is 5.69 Å². The Hall–Kier alpha value is -4.44. The molecule has 8 nitrogen and oxygen atoms in total. The fourth-order valence-electron chi connectivity index (χ4n) is 3.15. The molecule has 0 unspecified atom stereocenters. The highest BCUT2D eigenvalue weighted by Crippen LogP contribution is 2.33. The van der Waals surface area contributed by atoms with Gasteiger partial charge in [-0.05, 0) is 36.4 Å². The highest BCUT2D eigenvalue weighted by molar-refractivity contribution is 6.34. The first kappa shape index (κ1) is 23.7. The van der Waals surface area contributed by atoms with Crippen LogP contribution < -0.4 is 26.1 Å². The molecule has 1 amide bonds. The predicted molar refractivity (Wildman–Crippen MR) is 127 cm³/mol. The predicted octanol–water partition coefficient (Wildman–Crippen LogP) is 4.80. The normalized spacial score (nSPS) is 10.6. The van der Waals surface area contributed by atoms with E-state index < -0.39 is 23.1 Å². The van der Waals surface area contributed by atoms with E-state index in [1.165, 1.54) is 62.0 Å². The number of nitrogens with one attached hydrogen (secondary N) is 1. The average Bonchev–Trinajstić information content (AvgIpc) is 2.84. The van der Waals surface area contributed by atoms with E-state index in [9.17, 15) is 18.4 Å². The lowest BCUT2D eigenvalue weighted by Gasteiger charge is -2.14. The van der Waals surface area contributed by atoms with Crippen molar-refractivity contribution in [2.24, 2.45) is 0 Å². The molecule has 0 saturated heterocycles. The van der Waals surface area contributed by atoms with E-state index in [4.69, 9.17) is 26.8 Å². The lowest BCUT2D eigenvalue weighted by Crippen LogP contribution is -2.22. The van der Waals surface area contributed by atoms with Crippen molar-refractivity contribution in [3.05, 3.63) is 99.6 Å². The quantitative estimate of drug-likeness (QED) is 0.395. The van der Waals surface area contributed by atoms with Crippen molar-refractivity contribution in [3.8, 4) is 22.9 Å². The monoisotopic (exact) mass is 498 g/mol. The van der Waals surface area contributed by atoms with Crippen molar-refractivity contribution < 1.29 is 23.0 Å². The molecule has 0 bridgehead atoms. The van der Waals surface area contributed by atoms with Crippen molar-refractivity contribution in [2.75, 3.05) is 18.2 Å². The van der Waals surface area contributed by atoms with Crippen LogP contribution in [0.1, 0.15) is 10.4 Å². The third-order valence-electron chi connectivity index (χ3n) is 4.88. The zero-order valence-corrected chi connectivity index (χ0v) is 18.8. The summed E-state index contributed by atoms with van der Waals surface area (Å²) in [4.78, 5) is 29.3. The van der Waals surface area contributed by atoms with Gasteiger partial charge in [-0.25, -0.2) is 13.8 Å². The number of hydrogen-bond acceptors (Lipinski definition) is 6. The molecule has 0 radical (unpaired) electrons. The second kappa shape index (κ2) is 9.82. The van der Waals surface area contributed by atoms with Gasteiger partial charge in [0.2, 0.25) is 0 Å². The Morgan fingerprint density at radius 2 is 1.80 bits per heavy atom. The molecule has 0 atom stereocenters. The first-order chi connectivity index (χ1) is 16.8. The number of rotatable bonds is 6. The second-order valence-corrected chi connectivity index (χ2v) is 7.53. The standard InChI is InChI=1S/C24H17ClF2N4O4/c1-34-20-11-21(32)31(12-16(20)24(33)30-14-4-2-13(26)3-5-14)15-6-7-18(17(27)10-15)35-19-8-9-29-23(28)22(19)25/h2-12H,1H3,(H2,28,29)(H,30,33). The Bertz CT molecular complexity index is 1480. The molecule has 0 aliphatic rings. The smallest absolute Gasteiger partial charge is 0.260 e. The minimum atomic E-state index is -0.797. The number of carbonyl (C=O) groups is 1. The fraction of sp³-hybridized carbons (Fsp3) is 0.0417. The third-order valence-corrected chi connectivity index (χ3v) is 5.26. The van der Waals surface area contributed by atoms with Gasteiger partial charge in [0.1, 0.15) is 22.4 Å². The Morgan fingerprint density at radius 1 is 1.06 bits per heavy atom. The van der Waals surface area contributed by atoms with Gasteiger partial charge in [0.05, 0.1) is 18.4 Å². The van der Waals surface area contributed by atoms with Crippen molar-refractivity contribution in [1.82, 2.24) is 9.55 Å². The van der Waals surface area contributed by atoms with Crippen LogP contribution >= 0.6 is 11.6 Å². The minimum absolute atomic E-state index is 0.00352. The number of aromatic nitrogens is 2. The number of carbonyl (C=O) groups excluding carboxylic acids is 1. The Morgan fingerprint density at radius 3 is 2.49 bits per heavy atom. The SMILES string of the molecule is COc1cc(=O)n(-c2ccc(Oc3ccnc(N)c3Cl)c(F)c2)cc1C(=O)Nc1ccc(F)cc1. The molecule has 0 aliphatic heterocycles. The maximum Gasteiger partial charge on any atom is 0.260 e. The molecule has 0 aliphatic carbocycles. The third kappa shape index (κ3) is 5.07. The number of hydrogen-bond donors (Lipinski definition) is 2. The average molecular weight is 499 g/mol. The lowest BCUT2D eigenvalue weighted by atomic mass is 10.2. The van der Waals surface area contributed by atoms with Gasteiger partial charge in [-0.2, -0.15) is 0 Å². The Labute approximate surface area is 202 Å². The zero-order valence-electron chi connectivity index (χ0n) is 18.1. The lowest BCUT2D eigenvalue weighted by molar-refractivity contribution is 0.102. The summed E-state index contributed by atoms with van der Waals surface area (Å²) in [6, 6.07) is 11.4. The van der Waals surface area contributed by atoms with E-state index >= 15 is 0 Å². The number of anilines is 2. The van der Waals surface area contributed by atoms with Gasteiger partial charge in [-0.15, -0.1) is 0 Å². The number of nitrogen functional groups attached to an aromatic ring is 1. The van der Waals surface area contributed by atoms with Gasteiger partial charge in [0.15, 0.2) is 17.3 Å². The largest absolute Gasteiger partial charge is 0.496 e. The van der Waals surface area contributed by atoms with Crippen LogP contribution in [0.4, 0.5) is 20.3 Å². The second-order valence-electron chi connectivity index (χ2n) is 7.15. The van der Waals surface area contributed by atoms with Gasteiger partial charge in [-0.3, -0.25) is 14.2 Å². The molecular formula is C24H17ClF2N4O4. The van der Waals surface area contributed by atoms with Crippen molar-refractivity contribution in [3.63, 3.8) is 0 Å². The number of benzene rings is 2. The van der Waals surface area contributed by atoms with E-state index in [0.29, 0.717) is 5.69 Å². The maximum absolute atomic E-state index is 14.8. The molecule has 35 heavy (non-hydrogen) atoms. The number of ether oxygens (including phenoxy) is 2. The summed E-state index contributed by atoms with van der Waals surface area (Å²) in [6.07, 6.45) is 2.58. The molecule has 11 heteroatoms. The van der Waals surface area contributed by atoms with E-state index in [2.05, 4.69) is 10.3 Å². The van der Waals surface area contributed by atoms with Gasteiger partial charge in [-0.1, -0.05) is 11.6 Å². The van der Waals surface area contributed by atoms with Gasteiger partial charge < -0.3 is 20.5 Å². The summed E-state index contributed by atoms with van der Waals surface area (Å²) < 4.78 is 39.7. The molecule has 0 saturated carbocycles. The van der Waals surface area contributed by atoms with Crippen LogP contribution in [-0.4, -0.2) is 22.6 Å². The molecule has 0 spiro atoms. The zero-order chi connectivity index (χ0) is 25.1. The molecule has 0 fully saturated rings. The maximum atomic E-state index is 14.8. The molecule has 2 aromatic heterocycles. The Kier molecular flexibility index (Phi) is 6.65. The minimum Gasteiger partial charge on any atom is -0.496 e. The molecule has 4 rings (SSSR count). The summed E-state index contributed by atoms with van der Waals surface area (Å²) in [6.45, 7) is 0. The van der Waals surface area contributed by atoms with E-state index in [-0.39, 0.29) is 39.3 Å². The molecular weight excluding hydrogens is 482 g/mol. The van der Waals surface area contributed by atoms with Crippen molar-refractivity contribution in [1.29, 1.82) is 0 Å². The summed E-state index contributed by atoms with van der Waals surface area (Å²) >= 11 is 6.04. The number of pyridine rings is 2.